The summed E-state index contributed by atoms with van der Waals surface area (Å²) in [6.07, 6.45) is 0.804. The lowest BCUT2D eigenvalue weighted by atomic mass is 10.1. The molecule has 0 radical (unpaired) electrons. The highest BCUT2D eigenvalue weighted by molar-refractivity contribution is 7.15. The van der Waals surface area contributed by atoms with Gasteiger partial charge >= 0.3 is 6.03 Å². The van der Waals surface area contributed by atoms with Crippen molar-refractivity contribution in [3.63, 3.8) is 0 Å². The molecule has 2 atom stereocenters. The lowest BCUT2D eigenvalue weighted by Gasteiger charge is -2.18. The Morgan fingerprint density at radius 1 is 1.47 bits per heavy atom. The van der Waals surface area contributed by atoms with Crippen LogP contribution in [0.25, 0.3) is 0 Å². The van der Waals surface area contributed by atoms with Gasteiger partial charge in [0.05, 0.1) is 0 Å². The van der Waals surface area contributed by atoms with Gasteiger partial charge in [-0.25, -0.2) is 4.79 Å². The Labute approximate surface area is 104 Å². The van der Waals surface area contributed by atoms with Gasteiger partial charge in [0.1, 0.15) is 5.01 Å². The van der Waals surface area contributed by atoms with Crippen LogP contribution in [0.5, 0.6) is 0 Å². The van der Waals surface area contributed by atoms with Gasteiger partial charge in [-0.3, -0.25) is 5.32 Å². The summed E-state index contributed by atoms with van der Waals surface area (Å²) in [7, 11) is 0. The first kappa shape index (κ1) is 13.9. The Kier molecular flexibility index (Phi) is 5.30. The van der Waals surface area contributed by atoms with E-state index in [-0.39, 0.29) is 24.6 Å². The SMILES string of the molecule is CCc1nnc(NC(=O)N[C@H](C)[C@@H](C)CO)s1. The van der Waals surface area contributed by atoms with Crippen LogP contribution in [0.2, 0.25) is 0 Å². The molecular weight excluding hydrogens is 240 g/mol. The molecule has 7 heteroatoms. The van der Waals surface area contributed by atoms with Crippen LogP contribution in [0, 0.1) is 5.92 Å². The molecule has 0 saturated carbocycles. The van der Waals surface area contributed by atoms with Gasteiger partial charge in [-0.05, 0) is 19.3 Å². The van der Waals surface area contributed by atoms with Gasteiger partial charge in [-0.15, -0.1) is 10.2 Å². The van der Waals surface area contributed by atoms with E-state index in [9.17, 15) is 4.79 Å². The molecule has 0 saturated heterocycles. The maximum Gasteiger partial charge on any atom is 0.321 e. The summed E-state index contributed by atoms with van der Waals surface area (Å²) < 4.78 is 0. The Balaban J connectivity index is 2.44. The van der Waals surface area contributed by atoms with Gasteiger partial charge in [0.25, 0.3) is 0 Å². The average Bonchev–Trinajstić information content (AvgIpc) is 2.75. The number of aryl methyl sites for hydroxylation is 1. The van der Waals surface area contributed by atoms with Crippen LogP contribution in [0.4, 0.5) is 9.93 Å². The maximum absolute atomic E-state index is 11.6. The lowest BCUT2D eigenvalue weighted by Crippen LogP contribution is -2.40. The summed E-state index contributed by atoms with van der Waals surface area (Å²) in [4.78, 5) is 11.6. The normalized spacial score (nSPS) is 14.1. The summed E-state index contributed by atoms with van der Waals surface area (Å²) in [5.74, 6) is 0.0152. The molecule has 0 aliphatic carbocycles. The molecule has 3 N–H and O–H groups in total. The molecule has 6 nitrogen and oxygen atoms in total. The molecule has 2 amide bonds. The number of nitrogens with one attached hydrogen (secondary N) is 2. The summed E-state index contributed by atoms with van der Waals surface area (Å²) in [5, 5.41) is 23.4. The first-order valence-electron chi connectivity index (χ1n) is 5.57. The average molecular weight is 258 g/mol. The van der Waals surface area contributed by atoms with Gasteiger partial charge in [0.15, 0.2) is 0 Å². The van der Waals surface area contributed by atoms with Crippen molar-refractivity contribution in [2.75, 3.05) is 11.9 Å². The highest BCUT2D eigenvalue weighted by Crippen LogP contribution is 2.15. The summed E-state index contributed by atoms with van der Waals surface area (Å²) in [6, 6.07) is -0.421. The number of anilines is 1. The Morgan fingerprint density at radius 2 is 2.18 bits per heavy atom. The third kappa shape index (κ3) is 4.27. The molecular formula is C10H18N4O2S. The first-order chi connectivity index (χ1) is 8.06. The van der Waals surface area contributed by atoms with E-state index in [4.69, 9.17) is 5.11 Å². The van der Waals surface area contributed by atoms with Crippen LogP contribution in [-0.2, 0) is 6.42 Å². The van der Waals surface area contributed by atoms with Crippen LogP contribution in [0.1, 0.15) is 25.8 Å². The zero-order valence-corrected chi connectivity index (χ0v) is 11.0. The van der Waals surface area contributed by atoms with E-state index in [1.807, 2.05) is 20.8 Å². The van der Waals surface area contributed by atoms with Crippen molar-refractivity contribution >= 4 is 22.5 Å². The molecule has 0 aliphatic rings. The molecule has 0 aromatic carbocycles. The molecule has 0 bridgehead atoms. The Hall–Kier alpha value is -1.21. The Morgan fingerprint density at radius 3 is 2.71 bits per heavy atom. The summed E-state index contributed by atoms with van der Waals surface area (Å²) in [6.45, 7) is 5.73. The van der Waals surface area contributed by atoms with Crippen molar-refractivity contribution in [2.24, 2.45) is 5.92 Å². The molecule has 1 aromatic rings. The molecule has 0 unspecified atom stereocenters. The van der Waals surface area contributed by atoms with Crippen molar-refractivity contribution < 1.29 is 9.90 Å². The molecule has 17 heavy (non-hydrogen) atoms. The third-order valence-electron chi connectivity index (χ3n) is 2.49. The first-order valence-corrected chi connectivity index (χ1v) is 6.39. The summed E-state index contributed by atoms with van der Waals surface area (Å²) >= 11 is 1.36. The van der Waals surface area contributed by atoms with Crippen molar-refractivity contribution in [1.29, 1.82) is 0 Å². The van der Waals surface area contributed by atoms with Gasteiger partial charge in [0, 0.05) is 12.6 Å². The second kappa shape index (κ2) is 6.51. The van der Waals surface area contributed by atoms with E-state index in [2.05, 4.69) is 20.8 Å². The molecule has 1 aromatic heterocycles. The highest BCUT2D eigenvalue weighted by atomic mass is 32.1. The molecule has 96 valence electrons. The van der Waals surface area contributed by atoms with E-state index in [1.165, 1.54) is 11.3 Å². The number of carbonyl (C=O) groups is 1. The fraction of sp³-hybridized carbons (Fsp3) is 0.700. The smallest absolute Gasteiger partial charge is 0.321 e. The fourth-order valence-electron chi connectivity index (χ4n) is 1.09. The van der Waals surface area contributed by atoms with Crippen molar-refractivity contribution in [3.05, 3.63) is 5.01 Å². The number of hydrogen-bond donors (Lipinski definition) is 3. The number of hydrogen-bond acceptors (Lipinski definition) is 5. The third-order valence-corrected chi connectivity index (χ3v) is 3.47. The van der Waals surface area contributed by atoms with Gasteiger partial charge in [-0.2, -0.15) is 0 Å². The Bertz CT molecular complexity index is 369. The second-order valence-electron chi connectivity index (χ2n) is 3.90. The van der Waals surface area contributed by atoms with E-state index in [1.54, 1.807) is 0 Å². The zero-order chi connectivity index (χ0) is 12.8. The fourth-order valence-corrected chi connectivity index (χ4v) is 1.76. The topological polar surface area (TPSA) is 87.1 Å². The highest BCUT2D eigenvalue weighted by Gasteiger charge is 2.14. The number of aromatic nitrogens is 2. The number of urea groups is 1. The van der Waals surface area contributed by atoms with Gasteiger partial charge in [0.2, 0.25) is 5.13 Å². The van der Waals surface area contributed by atoms with Gasteiger partial charge < -0.3 is 10.4 Å². The van der Waals surface area contributed by atoms with Crippen LogP contribution in [-0.4, -0.2) is 34.0 Å². The van der Waals surface area contributed by atoms with Crippen LogP contribution >= 0.6 is 11.3 Å². The molecule has 1 rings (SSSR count). The largest absolute Gasteiger partial charge is 0.396 e. The standard InChI is InChI=1S/C10H18N4O2S/c1-4-8-13-14-10(17-8)12-9(16)11-7(3)6(2)5-15/h6-7,15H,4-5H2,1-3H3,(H2,11,12,14,16)/t6-,7+/m0/s1. The number of amides is 2. The number of aliphatic hydroxyl groups is 1. The van der Waals surface area contributed by atoms with Crippen LogP contribution in [0.15, 0.2) is 0 Å². The molecule has 0 spiro atoms. The minimum atomic E-state index is -0.323. The van der Waals surface area contributed by atoms with E-state index in [0.29, 0.717) is 5.13 Å². The van der Waals surface area contributed by atoms with Crippen LogP contribution in [0.3, 0.4) is 0 Å². The minimum Gasteiger partial charge on any atom is -0.396 e. The molecule has 0 fully saturated rings. The number of carbonyl (C=O) groups excluding carboxylic acids is 1. The predicted molar refractivity (Wildman–Crippen MR) is 67.2 cm³/mol. The molecule has 0 aliphatic heterocycles. The number of rotatable bonds is 5. The summed E-state index contributed by atoms with van der Waals surface area (Å²) in [5.41, 5.74) is 0. The van der Waals surface area contributed by atoms with Crippen molar-refractivity contribution in [3.8, 4) is 0 Å². The maximum atomic E-state index is 11.6. The van der Waals surface area contributed by atoms with E-state index < -0.39 is 0 Å². The van der Waals surface area contributed by atoms with Crippen LogP contribution < -0.4 is 10.6 Å². The zero-order valence-electron chi connectivity index (χ0n) is 10.2. The van der Waals surface area contributed by atoms with E-state index >= 15 is 0 Å². The monoisotopic (exact) mass is 258 g/mol. The number of nitrogens with zero attached hydrogens (tertiary/aromatic N) is 2. The molecule has 1 heterocycles. The lowest BCUT2D eigenvalue weighted by molar-refractivity contribution is 0.204. The quantitative estimate of drug-likeness (QED) is 0.741. The van der Waals surface area contributed by atoms with Gasteiger partial charge in [-0.1, -0.05) is 25.2 Å². The minimum absolute atomic E-state index is 0.0152. The van der Waals surface area contributed by atoms with Crippen molar-refractivity contribution in [1.82, 2.24) is 15.5 Å². The van der Waals surface area contributed by atoms with E-state index in [0.717, 1.165) is 11.4 Å². The van der Waals surface area contributed by atoms with Crippen molar-refractivity contribution in [2.45, 2.75) is 33.2 Å². The predicted octanol–water partition coefficient (Wildman–Crippen LogP) is 1.24. The second-order valence-corrected chi connectivity index (χ2v) is 4.96. The number of aliphatic hydroxyl groups excluding tert-OH is 1.